The van der Waals surface area contributed by atoms with Crippen molar-refractivity contribution < 1.29 is 14.3 Å². The van der Waals surface area contributed by atoms with Crippen LogP contribution in [0.1, 0.15) is 26.4 Å². The Morgan fingerprint density at radius 3 is 2.48 bits per heavy atom. The largest absolute Gasteiger partial charge is 0.497 e. The molecular weight excluding hydrogens is 362 g/mol. The Balaban J connectivity index is 1.52. The molecule has 138 valence electrons. The second kappa shape index (κ2) is 8.95. The fourth-order valence-electron chi connectivity index (χ4n) is 2.40. The highest BCUT2D eigenvalue weighted by atomic mass is 32.1. The highest BCUT2D eigenvalue weighted by molar-refractivity contribution is 7.14. The lowest BCUT2D eigenvalue weighted by Gasteiger charge is -2.04. The molecule has 0 saturated carbocycles. The number of methoxy groups -OCH3 is 1. The van der Waals surface area contributed by atoms with E-state index in [-0.39, 0.29) is 17.5 Å². The number of nitrogens with zero attached hydrogens (tertiary/aromatic N) is 1. The lowest BCUT2D eigenvalue weighted by Crippen LogP contribution is -2.26. The monoisotopic (exact) mass is 381 g/mol. The van der Waals surface area contributed by atoms with Gasteiger partial charge >= 0.3 is 0 Å². The van der Waals surface area contributed by atoms with Gasteiger partial charge in [0, 0.05) is 17.5 Å². The van der Waals surface area contributed by atoms with Crippen LogP contribution in [0.5, 0.6) is 5.75 Å². The first-order valence-electron chi connectivity index (χ1n) is 8.39. The number of rotatable bonds is 7. The van der Waals surface area contributed by atoms with E-state index in [0.717, 1.165) is 12.0 Å². The molecule has 0 aliphatic carbocycles. The summed E-state index contributed by atoms with van der Waals surface area (Å²) >= 11 is 1.21. The third kappa shape index (κ3) is 5.15. The predicted molar refractivity (Wildman–Crippen MR) is 106 cm³/mol. The van der Waals surface area contributed by atoms with Crippen LogP contribution in [0, 0.1) is 0 Å². The first-order chi connectivity index (χ1) is 13.2. The molecular formula is C20H19N3O3S. The fraction of sp³-hybridized carbons (Fsp3) is 0.150. The van der Waals surface area contributed by atoms with E-state index in [2.05, 4.69) is 15.6 Å². The van der Waals surface area contributed by atoms with Gasteiger partial charge in [0.2, 0.25) is 0 Å². The van der Waals surface area contributed by atoms with Gasteiger partial charge in [0.15, 0.2) is 5.13 Å². The highest BCUT2D eigenvalue weighted by Crippen LogP contribution is 2.18. The maximum Gasteiger partial charge on any atom is 0.270 e. The van der Waals surface area contributed by atoms with Crippen molar-refractivity contribution in [3.8, 4) is 5.75 Å². The number of thiazole rings is 1. The Morgan fingerprint density at radius 1 is 1.04 bits per heavy atom. The summed E-state index contributed by atoms with van der Waals surface area (Å²) in [4.78, 5) is 28.6. The topological polar surface area (TPSA) is 80.3 Å². The Bertz CT molecular complexity index is 908. The van der Waals surface area contributed by atoms with E-state index in [1.807, 2.05) is 30.3 Å². The Kier molecular flexibility index (Phi) is 6.17. The second-order valence-corrected chi connectivity index (χ2v) is 6.57. The molecule has 0 fully saturated rings. The first kappa shape index (κ1) is 18.6. The SMILES string of the molecule is COc1ccc(C(=O)Nc2nc(C(=O)NCCc3ccccc3)cs2)cc1. The van der Waals surface area contributed by atoms with Crippen molar-refractivity contribution in [3.05, 3.63) is 76.8 Å². The molecule has 0 atom stereocenters. The number of aromatic nitrogens is 1. The van der Waals surface area contributed by atoms with Crippen LogP contribution < -0.4 is 15.4 Å². The lowest BCUT2D eigenvalue weighted by molar-refractivity contribution is 0.0948. The minimum absolute atomic E-state index is 0.257. The molecule has 2 N–H and O–H groups in total. The van der Waals surface area contributed by atoms with Crippen LogP contribution in [0.25, 0.3) is 0 Å². The maximum absolute atomic E-state index is 12.2. The number of ether oxygens (including phenoxy) is 1. The van der Waals surface area contributed by atoms with Crippen LogP contribution in [-0.2, 0) is 6.42 Å². The van der Waals surface area contributed by atoms with E-state index < -0.39 is 0 Å². The van der Waals surface area contributed by atoms with Crippen molar-refractivity contribution >= 4 is 28.3 Å². The zero-order chi connectivity index (χ0) is 19.1. The summed E-state index contributed by atoms with van der Waals surface area (Å²) in [5.74, 6) is 0.130. The molecule has 7 heteroatoms. The molecule has 3 rings (SSSR count). The van der Waals surface area contributed by atoms with Crippen LogP contribution >= 0.6 is 11.3 Å². The van der Waals surface area contributed by atoms with Crippen molar-refractivity contribution in [3.63, 3.8) is 0 Å². The Morgan fingerprint density at radius 2 is 1.78 bits per heavy atom. The molecule has 1 heterocycles. The van der Waals surface area contributed by atoms with Crippen LogP contribution in [0.2, 0.25) is 0 Å². The number of hydrogen-bond donors (Lipinski definition) is 2. The number of anilines is 1. The summed E-state index contributed by atoms with van der Waals surface area (Å²) in [6, 6.07) is 16.7. The molecule has 0 unspecified atom stereocenters. The number of hydrogen-bond acceptors (Lipinski definition) is 5. The van der Waals surface area contributed by atoms with Crippen LogP contribution in [0.4, 0.5) is 5.13 Å². The van der Waals surface area contributed by atoms with Crippen LogP contribution in [0.3, 0.4) is 0 Å². The van der Waals surface area contributed by atoms with E-state index >= 15 is 0 Å². The summed E-state index contributed by atoms with van der Waals surface area (Å²) in [6.07, 6.45) is 0.748. The molecule has 0 aliphatic rings. The van der Waals surface area contributed by atoms with Crippen molar-refractivity contribution in [2.45, 2.75) is 6.42 Å². The summed E-state index contributed by atoms with van der Waals surface area (Å²) < 4.78 is 5.07. The average Bonchev–Trinajstić information content (AvgIpc) is 3.17. The molecule has 6 nitrogen and oxygen atoms in total. The van der Waals surface area contributed by atoms with Crippen LogP contribution in [-0.4, -0.2) is 30.5 Å². The van der Waals surface area contributed by atoms with Crippen molar-refractivity contribution in [1.82, 2.24) is 10.3 Å². The third-order valence-electron chi connectivity index (χ3n) is 3.85. The first-order valence-corrected chi connectivity index (χ1v) is 9.27. The molecule has 0 aliphatic heterocycles. The van der Waals surface area contributed by atoms with E-state index in [1.54, 1.807) is 36.8 Å². The van der Waals surface area contributed by atoms with Gasteiger partial charge in [-0.15, -0.1) is 11.3 Å². The third-order valence-corrected chi connectivity index (χ3v) is 4.61. The van der Waals surface area contributed by atoms with Crippen molar-refractivity contribution in [2.24, 2.45) is 0 Å². The summed E-state index contributed by atoms with van der Waals surface area (Å²) in [5, 5.41) is 7.54. The summed E-state index contributed by atoms with van der Waals surface area (Å²) in [5.41, 5.74) is 1.93. The van der Waals surface area contributed by atoms with Crippen molar-refractivity contribution in [1.29, 1.82) is 0 Å². The molecule has 2 aromatic carbocycles. The predicted octanol–water partition coefficient (Wildman–Crippen LogP) is 3.38. The molecule has 27 heavy (non-hydrogen) atoms. The van der Waals surface area contributed by atoms with E-state index in [1.165, 1.54) is 11.3 Å². The number of benzene rings is 2. The van der Waals surface area contributed by atoms with Gasteiger partial charge in [0.25, 0.3) is 11.8 Å². The van der Waals surface area contributed by atoms with Gasteiger partial charge in [-0.2, -0.15) is 0 Å². The number of nitrogens with one attached hydrogen (secondary N) is 2. The van der Waals surface area contributed by atoms with Gasteiger partial charge in [-0.25, -0.2) is 4.98 Å². The number of amides is 2. The zero-order valence-corrected chi connectivity index (χ0v) is 15.6. The van der Waals surface area contributed by atoms with Gasteiger partial charge in [-0.05, 0) is 36.2 Å². The summed E-state index contributed by atoms with van der Waals surface area (Å²) in [6.45, 7) is 0.522. The van der Waals surface area contributed by atoms with Gasteiger partial charge in [-0.1, -0.05) is 30.3 Å². The van der Waals surface area contributed by atoms with Gasteiger partial charge < -0.3 is 10.1 Å². The van der Waals surface area contributed by atoms with E-state index in [4.69, 9.17) is 4.74 Å². The Labute approximate surface area is 161 Å². The molecule has 1 aromatic heterocycles. The minimum atomic E-state index is -0.289. The highest BCUT2D eigenvalue weighted by Gasteiger charge is 2.13. The zero-order valence-electron chi connectivity index (χ0n) is 14.8. The fourth-order valence-corrected chi connectivity index (χ4v) is 3.09. The quantitative estimate of drug-likeness (QED) is 0.657. The Hall–Kier alpha value is -3.19. The smallest absolute Gasteiger partial charge is 0.270 e. The minimum Gasteiger partial charge on any atom is -0.497 e. The van der Waals surface area contributed by atoms with E-state index in [0.29, 0.717) is 23.0 Å². The maximum atomic E-state index is 12.2. The number of carbonyl (C=O) groups excluding carboxylic acids is 2. The molecule has 3 aromatic rings. The molecule has 0 bridgehead atoms. The molecule has 0 saturated heterocycles. The number of carbonyl (C=O) groups is 2. The van der Waals surface area contributed by atoms with Crippen LogP contribution in [0.15, 0.2) is 60.0 Å². The normalized spacial score (nSPS) is 10.3. The molecule has 2 amide bonds. The van der Waals surface area contributed by atoms with Crippen molar-refractivity contribution in [2.75, 3.05) is 19.0 Å². The standard InChI is InChI=1S/C20H19N3O3S/c1-26-16-9-7-15(8-10-16)18(24)23-20-22-17(13-27-20)19(25)21-12-11-14-5-3-2-4-6-14/h2-10,13H,11-12H2,1H3,(H,21,25)(H,22,23,24). The van der Waals surface area contributed by atoms with Gasteiger partial charge in [0.1, 0.15) is 11.4 Å². The lowest BCUT2D eigenvalue weighted by atomic mass is 10.1. The second-order valence-electron chi connectivity index (χ2n) is 5.71. The molecule has 0 spiro atoms. The van der Waals surface area contributed by atoms with E-state index in [9.17, 15) is 9.59 Å². The van der Waals surface area contributed by atoms with Gasteiger partial charge in [-0.3, -0.25) is 14.9 Å². The van der Waals surface area contributed by atoms with Gasteiger partial charge in [0.05, 0.1) is 7.11 Å². The summed E-state index contributed by atoms with van der Waals surface area (Å²) in [7, 11) is 1.57. The average molecular weight is 381 g/mol. The molecule has 0 radical (unpaired) electrons.